The molecule has 0 aliphatic heterocycles. The maximum absolute atomic E-state index is 13.2. The molecule has 20 heavy (non-hydrogen) atoms. The Kier molecular flexibility index (Phi) is 4.45. The Bertz CT molecular complexity index is 713. The summed E-state index contributed by atoms with van der Waals surface area (Å²) in [7, 11) is 1.45. The van der Waals surface area contributed by atoms with Gasteiger partial charge in [0.1, 0.15) is 11.6 Å². The van der Waals surface area contributed by atoms with Crippen molar-refractivity contribution < 1.29 is 12.8 Å². The van der Waals surface area contributed by atoms with Gasteiger partial charge in [0.05, 0.1) is 0 Å². The number of hydrogen-bond donors (Lipinski definition) is 0. The fourth-order valence-corrected chi connectivity index (χ4v) is 2.63. The molecular weight excluding hydrogens is 303 g/mol. The van der Waals surface area contributed by atoms with Crippen LogP contribution >= 0.6 is 10.7 Å². The number of hydrogen-bond acceptors (Lipinski definition) is 3. The van der Waals surface area contributed by atoms with Crippen LogP contribution in [0.15, 0.2) is 35.5 Å². The van der Waals surface area contributed by atoms with Gasteiger partial charge in [0.25, 0.3) is 9.05 Å². The molecule has 1 heterocycles. The molecule has 0 amide bonds. The summed E-state index contributed by atoms with van der Waals surface area (Å²) in [5.74, 6) is 0.292. The molecule has 0 saturated heterocycles. The van der Waals surface area contributed by atoms with Gasteiger partial charge in [-0.25, -0.2) is 17.8 Å². The van der Waals surface area contributed by atoms with Gasteiger partial charge in [-0.15, -0.1) is 0 Å². The van der Waals surface area contributed by atoms with E-state index in [2.05, 4.69) is 4.98 Å². The molecule has 0 N–H and O–H groups in total. The number of aryl methyl sites for hydroxylation is 1. The quantitative estimate of drug-likeness (QED) is 0.797. The first-order valence-corrected chi connectivity index (χ1v) is 8.46. The van der Waals surface area contributed by atoms with Crippen molar-refractivity contribution in [3.05, 3.63) is 47.7 Å². The minimum Gasteiger partial charge on any atom is -0.329 e. The summed E-state index contributed by atoms with van der Waals surface area (Å²) in [5, 5.41) is -0.168. The highest BCUT2D eigenvalue weighted by Gasteiger charge is 2.17. The molecule has 4 nitrogen and oxygen atoms in total. The molecule has 1 aromatic heterocycles. The van der Waals surface area contributed by atoms with Gasteiger partial charge in [-0.3, -0.25) is 0 Å². The maximum Gasteiger partial charge on any atom is 0.280 e. The Balaban J connectivity index is 2.37. The van der Waals surface area contributed by atoms with Crippen molar-refractivity contribution in [3.8, 4) is 0 Å². The Labute approximate surface area is 121 Å². The third kappa shape index (κ3) is 3.58. The van der Waals surface area contributed by atoms with E-state index < -0.39 is 9.05 Å². The van der Waals surface area contributed by atoms with E-state index in [1.165, 1.54) is 18.3 Å². The molecule has 0 unspecified atom stereocenters. The van der Waals surface area contributed by atoms with Gasteiger partial charge in [-0.1, -0.05) is 19.1 Å². The smallest absolute Gasteiger partial charge is 0.280 e. The van der Waals surface area contributed by atoms with E-state index in [1.54, 1.807) is 16.7 Å². The number of imidazole rings is 1. The minimum absolute atomic E-state index is 0.168. The first-order chi connectivity index (χ1) is 9.40. The minimum atomic E-state index is -3.86. The number of benzene rings is 1. The Morgan fingerprint density at radius 1 is 1.40 bits per heavy atom. The van der Waals surface area contributed by atoms with Gasteiger partial charge in [0, 0.05) is 29.8 Å². The lowest BCUT2D eigenvalue weighted by atomic mass is 10.2. The summed E-state index contributed by atoms with van der Waals surface area (Å²) >= 11 is 0. The van der Waals surface area contributed by atoms with Crippen LogP contribution in [0.25, 0.3) is 0 Å². The molecule has 2 rings (SSSR count). The standard InChI is InChI=1S/C13H14ClFN2O2S/c1-2-4-12-16-13(20(14,18)19)9-17(12)8-10-5-3-6-11(15)7-10/h3,5-7,9H,2,4,8H2,1H3. The van der Waals surface area contributed by atoms with Crippen molar-refractivity contribution in [3.63, 3.8) is 0 Å². The van der Waals surface area contributed by atoms with Crippen molar-refractivity contribution in [2.75, 3.05) is 0 Å². The lowest BCUT2D eigenvalue weighted by Gasteiger charge is -2.07. The molecule has 108 valence electrons. The Hall–Kier alpha value is -1.40. The Morgan fingerprint density at radius 2 is 2.15 bits per heavy atom. The van der Waals surface area contributed by atoms with E-state index in [0.29, 0.717) is 18.8 Å². The summed E-state index contributed by atoms with van der Waals surface area (Å²) in [5.41, 5.74) is 0.735. The van der Waals surface area contributed by atoms with Crippen LogP contribution in [0.3, 0.4) is 0 Å². The Morgan fingerprint density at radius 3 is 2.75 bits per heavy atom. The van der Waals surface area contributed by atoms with Gasteiger partial charge in [0.15, 0.2) is 5.03 Å². The second-order valence-electron chi connectivity index (χ2n) is 4.44. The average molecular weight is 317 g/mol. The largest absolute Gasteiger partial charge is 0.329 e. The molecule has 0 aliphatic carbocycles. The van der Waals surface area contributed by atoms with Crippen LogP contribution in [0.2, 0.25) is 0 Å². The second kappa shape index (κ2) is 5.93. The van der Waals surface area contributed by atoms with E-state index in [1.807, 2.05) is 6.92 Å². The van der Waals surface area contributed by atoms with Crippen molar-refractivity contribution in [1.82, 2.24) is 9.55 Å². The van der Waals surface area contributed by atoms with Crippen LogP contribution in [-0.4, -0.2) is 18.0 Å². The molecule has 0 atom stereocenters. The van der Waals surface area contributed by atoms with Crippen molar-refractivity contribution in [2.45, 2.75) is 31.3 Å². The number of nitrogens with zero attached hydrogens (tertiary/aromatic N) is 2. The molecule has 0 fully saturated rings. The number of halogens is 2. The molecule has 0 radical (unpaired) electrons. The van der Waals surface area contributed by atoms with Crippen molar-refractivity contribution >= 4 is 19.7 Å². The third-order valence-corrected chi connectivity index (χ3v) is 3.97. The number of rotatable bonds is 5. The SMILES string of the molecule is CCCc1nc(S(=O)(=O)Cl)cn1Cc1cccc(F)c1. The molecule has 0 spiro atoms. The maximum atomic E-state index is 13.2. The highest BCUT2D eigenvalue weighted by molar-refractivity contribution is 8.13. The first kappa shape index (κ1) is 15.0. The molecule has 2 aromatic rings. The molecule has 0 bridgehead atoms. The van der Waals surface area contributed by atoms with Crippen LogP contribution in [0.1, 0.15) is 24.7 Å². The summed E-state index contributed by atoms with van der Waals surface area (Å²) < 4.78 is 37.5. The van der Waals surface area contributed by atoms with E-state index in [9.17, 15) is 12.8 Å². The lowest BCUT2D eigenvalue weighted by molar-refractivity contribution is 0.606. The molecular formula is C13H14ClFN2O2S. The van der Waals surface area contributed by atoms with Gasteiger partial charge < -0.3 is 4.57 Å². The molecule has 0 saturated carbocycles. The zero-order chi connectivity index (χ0) is 14.8. The van der Waals surface area contributed by atoms with Crippen molar-refractivity contribution in [1.29, 1.82) is 0 Å². The van der Waals surface area contributed by atoms with E-state index in [4.69, 9.17) is 10.7 Å². The monoisotopic (exact) mass is 316 g/mol. The predicted molar refractivity (Wildman–Crippen MR) is 74.8 cm³/mol. The average Bonchev–Trinajstić information content (AvgIpc) is 2.73. The van der Waals surface area contributed by atoms with Crippen LogP contribution in [-0.2, 0) is 22.0 Å². The van der Waals surface area contributed by atoms with Crippen LogP contribution in [0.5, 0.6) is 0 Å². The topological polar surface area (TPSA) is 52.0 Å². The summed E-state index contributed by atoms with van der Waals surface area (Å²) in [6.45, 7) is 2.32. The van der Waals surface area contributed by atoms with Crippen LogP contribution < -0.4 is 0 Å². The highest BCUT2D eigenvalue weighted by Crippen LogP contribution is 2.17. The highest BCUT2D eigenvalue weighted by atomic mass is 35.7. The second-order valence-corrected chi connectivity index (χ2v) is 6.95. The van der Waals surface area contributed by atoms with E-state index >= 15 is 0 Å². The summed E-state index contributed by atoms with van der Waals surface area (Å²) in [6, 6.07) is 6.15. The molecule has 0 aliphatic rings. The van der Waals surface area contributed by atoms with Crippen molar-refractivity contribution in [2.24, 2.45) is 0 Å². The van der Waals surface area contributed by atoms with E-state index in [-0.39, 0.29) is 10.8 Å². The lowest BCUT2D eigenvalue weighted by Crippen LogP contribution is -2.04. The third-order valence-electron chi connectivity index (χ3n) is 2.80. The van der Waals surface area contributed by atoms with Crippen LogP contribution in [0, 0.1) is 5.82 Å². The predicted octanol–water partition coefficient (Wildman–Crippen LogP) is 2.95. The first-order valence-electron chi connectivity index (χ1n) is 6.15. The van der Waals surface area contributed by atoms with Gasteiger partial charge in [0.2, 0.25) is 0 Å². The van der Waals surface area contributed by atoms with Gasteiger partial charge in [-0.2, -0.15) is 0 Å². The van der Waals surface area contributed by atoms with Gasteiger partial charge >= 0.3 is 0 Å². The zero-order valence-electron chi connectivity index (χ0n) is 10.9. The van der Waals surface area contributed by atoms with Crippen LogP contribution in [0.4, 0.5) is 4.39 Å². The fourth-order valence-electron chi connectivity index (χ4n) is 1.94. The molecule has 1 aromatic carbocycles. The van der Waals surface area contributed by atoms with E-state index in [0.717, 1.165) is 12.0 Å². The molecule has 7 heteroatoms. The number of aromatic nitrogens is 2. The fraction of sp³-hybridized carbons (Fsp3) is 0.308. The normalized spacial score (nSPS) is 11.8. The summed E-state index contributed by atoms with van der Waals surface area (Å²) in [4.78, 5) is 4.04. The summed E-state index contributed by atoms with van der Waals surface area (Å²) in [6.07, 6.45) is 2.84. The zero-order valence-corrected chi connectivity index (χ0v) is 12.5. The van der Waals surface area contributed by atoms with Gasteiger partial charge in [-0.05, 0) is 24.1 Å².